The topological polar surface area (TPSA) is 47.9 Å². The van der Waals surface area contributed by atoms with E-state index in [1.54, 1.807) is 0 Å². The third-order valence-corrected chi connectivity index (χ3v) is 3.47. The summed E-state index contributed by atoms with van der Waals surface area (Å²) < 4.78 is 37.8. The Bertz CT molecular complexity index is 584. The minimum atomic E-state index is -3.04. The van der Waals surface area contributed by atoms with Gasteiger partial charge < -0.3 is 9.47 Å². The van der Waals surface area contributed by atoms with Crippen molar-refractivity contribution in [1.82, 2.24) is 0 Å². The maximum absolute atomic E-state index is 13.7. The highest BCUT2D eigenvalue weighted by Crippen LogP contribution is 2.54. The van der Waals surface area contributed by atoms with Crippen LogP contribution in [-0.2, 0) is 16.3 Å². The van der Waals surface area contributed by atoms with Gasteiger partial charge in [-0.25, -0.2) is 13.6 Å². The Morgan fingerprint density at radius 2 is 1.95 bits per heavy atom. The van der Waals surface area contributed by atoms with Crippen LogP contribution >= 0.6 is 0 Å². The van der Waals surface area contributed by atoms with Crippen molar-refractivity contribution in [2.75, 3.05) is 6.79 Å². The number of benzene rings is 1. The first-order valence-corrected chi connectivity index (χ1v) is 5.88. The Kier molecular flexibility index (Phi) is 2.41. The van der Waals surface area contributed by atoms with Gasteiger partial charge in [-0.3, -0.25) is 0 Å². The molecule has 0 atom stereocenters. The van der Waals surface area contributed by atoms with Gasteiger partial charge >= 0.3 is 0 Å². The predicted octanol–water partition coefficient (Wildman–Crippen LogP) is 2.85. The molecule has 0 N–H and O–H groups in total. The number of rotatable bonds is 3. The van der Waals surface area contributed by atoms with Gasteiger partial charge in [0, 0.05) is 12.5 Å². The average molecular weight is 267 g/mol. The lowest BCUT2D eigenvalue weighted by atomic mass is 9.94. The monoisotopic (exact) mass is 267 g/mol. The molecule has 4 nitrogen and oxygen atoms in total. The minimum absolute atomic E-state index is 0.0114. The Morgan fingerprint density at radius 3 is 2.47 bits per heavy atom. The molecule has 0 amide bonds. The van der Waals surface area contributed by atoms with Crippen molar-refractivity contribution < 1.29 is 23.0 Å². The second kappa shape index (κ2) is 3.78. The molecule has 1 aliphatic carbocycles. The number of hydrogen-bond acceptors (Lipinski definition) is 4. The SMILES string of the molecule is CC(F)(F)c1cc2c(cc1C1(N=C=O)CC1)OCO2. The number of halogens is 2. The predicted molar refractivity (Wildman–Crippen MR) is 61.2 cm³/mol. The fourth-order valence-corrected chi connectivity index (χ4v) is 2.34. The third kappa shape index (κ3) is 1.88. The number of aliphatic imine (C=N–C) groups is 1. The van der Waals surface area contributed by atoms with Crippen molar-refractivity contribution in [2.24, 2.45) is 4.99 Å². The average Bonchev–Trinajstić information content (AvgIpc) is 2.97. The van der Waals surface area contributed by atoms with Gasteiger partial charge in [0.15, 0.2) is 11.5 Å². The van der Waals surface area contributed by atoms with Crippen LogP contribution in [0.25, 0.3) is 0 Å². The lowest BCUT2D eigenvalue weighted by molar-refractivity contribution is 0.0158. The molecule has 1 heterocycles. The maximum Gasteiger partial charge on any atom is 0.271 e. The van der Waals surface area contributed by atoms with E-state index in [4.69, 9.17) is 9.47 Å². The lowest BCUT2D eigenvalue weighted by Crippen LogP contribution is -2.16. The fraction of sp³-hybridized carbons (Fsp3) is 0.462. The molecule has 0 radical (unpaired) electrons. The minimum Gasteiger partial charge on any atom is -0.454 e. The van der Waals surface area contributed by atoms with E-state index in [-0.39, 0.29) is 12.4 Å². The van der Waals surface area contributed by atoms with Crippen molar-refractivity contribution in [3.63, 3.8) is 0 Å². The molecule has 0 unspecified atom stereocenters. The molecule has 2 aliphatic rings. The van der Waals surface area contributed by atoms with Crippen LogP contribution < -0.4 is 9.47 Å². The second-order valence-electron chi connectivity index (χ2n) is 4.87. The number of alkyl halides is 2. The van der Waals surface area contributed by atoms with Crippen LogP contribution in [0, 0.1) is 0 Å². The Labute approximate surface area is 108 Å². The summed E-state index contributed by atoms with van der Waals surface area (Å²) in [7, 11) is 0. The van der Waals surface area contributed by atoms with E-state index in [2.05, 4.69) is 4.99 Å². The smallest absolute Gasteiger partial charge is 0.271 e. The molecule has 0 saturated heterocycles. The number of isocyanates is 1. The van der Waals surface area contributed by atoms with Crippen LogP contribution in [0.15, 0.2) is 17.1 Å². The van der Waals surface area contributed by atoms with E-state index in [1.807, 2.05) is 0 Å². The molecule has 1 aromatic rings. The highest BCUT2D eigenvalue weighted by Gasteiger charge is 2.49. The molecule has 19 heavy (non-hydrogen) atoms. The third-order valence-electron chi connectivity index (χ3n) is 3.47. The molecule has 1 saturated carbocycles. The first kappa shape index (κ1) is 12.1. The fourth-order valence-electron chi connectivity index (χ4n) is 2.34. The molecule has 6 heteroatoms. The molecule has 3 rings (SSSR count). The largest absolute Gasteiger partial charge is 0.454 e. The molecule has 0 spiro atoms. The van der Waals surface area contributed by atoms with Crippen LogP contribution in [0.5, 0.6) is 11.5 Å². The van der Waals surface area contributed by atoms with E-state index < -0.39 is 11.5 Å². The number of hydrogen-bond donors (Lipinski definition) is 0. The van der Waals surface area contributed by atoms with Crippen molar-refractivity contribution in [3.8, 4) is 11.5 Å². The zero-order valence-electron chi connectivity index (χ0n) is 10.2. The summed E-state index contributed by atoms with van der Waals surface area (Å²) in [6.45, 7) is 0.826. The summed E-state index contributed by atoms with van der Waals surface area (Å²) in [5, 5.41) is 0. The quantitative estimate of drug-likeness (QED) is 0.625. The number of nitrogens with zero attached hydrogens (tertiary/aromatic N) is 1. The van der Waals surface area contributed by atoms with Crippen LogP contribution in [0.2, 0.25) is 0 Å². The lowest BCUT2D eigenvalue weighted by Gasteiger charge is -2.20. The number of carbonyl (C=O) groups excluding carboxylic acids is 1. The van der Waals surface area contributed by atoms with E-state index >= 15 is 0 Å². The molecule has 100 valence electrons. The van der Waals surface area contributed by atoms with Crippen molar-refractivity contribution in [1.29, 1.82) is 0 Å². The van der Waals surface area contributed by atoms with Gasteiger partial charge in [-0.1, -0.05) is 0 Å². The molecule has 0 aromatic heterocycles. The Morgan fingerprint density at radius 1 is 1.32 bits per heavy atom. The molecule has 1 fully saturated rings. The van der Waals surface area contributed by atoms with Crippen LogP contribution in [-0.4, -0.2) is 12.9 Å². The van der Waals surface area contributed by atoms with Gasteiger partial charge in [-0.2, -0.15) is 4.99 Å². The van der Waals surface area contributed by atoms with Gasteiger partial charge in [0.05, 0.1) is 5.54 Å². The Balaban J connectivity index is 2.20. The highest BCUT2D eigenvalue weighted by molar-refractivity contribution is 5.55. The van der Waals surface area contributed by atoms with Crippen molar-refractivity contribution in [3.05, 3.63) is 23.3 Å². The highest BCUT2D eigenvalue weighted by atomic mass is 19.3. The van der Waals surface area contributed by atoms with Gasteiger partial charge in [-0.05, 0) is 30.5 Å². The Hall–Kier alpha value is -1.94. The first-order valence-electron chi connectivity index (χ1n) is 5.88. The summed E-state index contributed by atoms with van der Waals surface area (Å²) in [5.41, 5.74) is -0.710. The molecular weight excluding hydrogens is 256 g/mol. The van der Waals surface area contributed by atoms with E-state index in [1.165, 1.54) is 18.2 Å². The van der Waals surface area contributed by atoms with Crippen molar-refractivity contribution >= 4 is 6.08 Å². The van der Waals surface area contributed by atoms with Gasteiger partial charge in [0.25, 0.3) is 5.92 Å². The molecule has 1 aliphatic heterocycles. The molecule has 1 aromatic carbocycles. The normalized spacial score (nSPS) is 18.9. The van der Waals surface area contributed by atoms with Crippen molar-refractivity contribution in [2.45, 2.75) is 31.2 Å². The van der Waals surface area contributed by atoms with Gasteiger partial charge in [0.2, 0.25) is 12.9 Å². The summed E-state index contributed by atoms with van der Waals surface area (Å²) in [6, 6.07) is 2.78. The zero-order valence-corrected chi connectivity index (χ0v) is 10.2. The molecule has 0 bridgehead atoms. The van der Waals surface area contributed by atoms with Crippen LogP contribution in [0.1, 0.15) is 30.9 Å². The maximum atomic E-state index is 13.7. The molecular formula is C13H11F2NO3. The number of fused-ring (bicyclic) bond motifs is 1. The standard InChI is InChI=1S/C13H11F2NO3/c1-12(14,15)8-4-10-11(19-7-18-10)5-9(8)13(2-3-13)16-6-17/h4-5H,2-3,7H2,1H3. The summed E-state index contributed by atoms with van der Waals surface area (Å²) in [6.07, 6.45) is 2.59. The van der Waals surface area contributed by atoms with E-state index in [9.17, 15) is 13.6 Å². The summed E-state index contributed by atoms with van der Waals surface area (Å²) >= 11 is 0. The van der Waals surface area contributed by atoms with E-state index in [0.717, 1.165) is 6.92 Å². The van der Waals surface area contributed by atoms with Gasteiger partial charge in [-0.15, -0.1) is 0 Å². The van der Waals surface area contributed by atoms with Crippen LogP contribution in [0.4, 0.5) is 8.78 Å². The zero-order chi connectivity index (χ0) is 13.7. The first-order chi connectivity index (χ1) is 8.96. The summed E-state index contributed by atoms with van der Waals surface area (Å²) in [4.78, 5) is 14.2. The van der Waals surface area contributed by atoms with E-state index in [0.29, 0.717) is 29.9 Å². The second-order valence-corrected chi connectivity index (χ2v) is 4.87. The van der Waals surface area contributed by atoms with Crippen LogP contribution in [0.3, 0.4) is 0 Å². The van der Waals surface area contributed by atoms with Gasteiger partial charge in [0.1, 0.15) is 0 Å². The summed E-state index contributed by atoms with van der Waals surface area (Å²) in [5.74, 6) is -2.33. The number of ether oxygens (including phenoxy) is 2.